The zero-order valence-electron chi connectivity index (χ0n) is 11.6. The van der Waals surface area contributed by atoms with Gasteiger partial charge in [0.1, 0.15) is 11.0 Å². The van der Waals surface area contributed by atoms with Crippen molar-refractivity contribution in [2.45, 2.75) is 32.2 Å². The van der Waals surface area contributed by atoms with Gasteiger partial charge >= 0.3 is 0 Å². The minimum absolute atomic E-state index is 0.125. The molecule has 0 aliphatic heterocycles. The molecule has 1 aliphatic carbocycles. The minimum atomic E-state index is 0.125. The molecule has 2 N–H and O–H groups in total. The molecule has 0 bridgehead atoms. The first-order valence-electron chi connectivity index (χ1n) is 7.04. The maximum atomic E-state index is 6.49. The SMILES string of the molecule is Cc1cc2c(n1-c1c(Cl)ccc3nsnc13)CCCC2N. The zero-order chi connectivity index (χ0) is 14.6. The molecule has 1 aromatic carbocycles. The van der Waals surface area contributed by atoms with Crippen LogP contribution >= 0.6 is 23.3 Å². The molecule has 0 amide bonds. The van der Waals surface area contributed by atoms with Crippen LogP contribution in [-0.2, 0) is 6.42 Å². The molecule has 1 atom stereocenters. The second-order valence-electron chi connectivity index (χ2n) is 5.55. The summed E-state index contributed by atoms with van der Waals surface area (Å²) in [5.74, 6) is 0. The number of aryl methyl sites for hydroxylation is 1. The monoisotopic (exact) mass is 318 g/mol. The van der Waals surface area contributed by atoms with Crippen molar-refractivity contribution in [3.05, 3.63) is 40.2 Å². The summed E-state index contributed by atoms with van der Waals surface area (Å²) in [6.07, 6.45) is 3.19. The van der Waals surface area contributed by atoms with Gasteiger partial charge in [-0.3, -0.25) is 0 Å². The lowest BCUT2D eigenvalue weighted by Gasteiger charge is -2.21. The molecule has 4 rings (SSSR count). The molecular weight excluding hydrogens is 304 g/mol. The molecule has 1 unspecified atom stereocenters. The van der Waals surface area contributed by atoms with Gasteiger partial charge in [-0.15, -0.1) is 0 Å². The van der Waals surface area contributed by atoms with Crippen LogP contribution in [0.3, 0.4) is 0 Å². The molecule has 3 aromatic rings. The van der Waals surface area contributed by atoms with Crippen molar-refractivity contribution in [2.75, 3.05) is 0 Å². The summed E-state index contributed by atoms with van der Waals surface area (Å²) in [5, 5.41) is 0.704. The highest BCUT2D eigenvalue weighted by Gasteiger charge is 2.25. The number of hydrogen-bond acceptors (Lipinski definition) is 4. The van der Waals surface area contributed by atoms with Crippen LogP contribution in [-0.4, -0.2) is 13.3 Å². The number of nitrogens with two attached hydrogens (primary N) is 1. The fourth-order valence-electron chi connectivity index (χ4n) is 3.27. The van der Waals surface area contributed by atoms with Gasteiger partial charge in [-0.2, -0.15) is 8.75 Å². The van der Waals surface area contributed by atoms with Gasteiger partial charge in [0.15, 0.2) is 0 Å². The predicted molar refractivity (Wildman–Crippen MR) is 86.4 cm³/mol. The summed E-state index contributed by atoms with van der Waals surface area (Å²) in [4.78, 5) is 0. The summed E-state index contributed by atoms with van der Waals surface area (Å²) in [7, 11) is 0. The fraction of sp³-hybridized carbons (Fsp3) is 0.333. The molecule has 0 fully saturated rings. The van der Waals surface area contributed by atoms with E-state index < -0.39 is 0 Å². The van der Waals surface area contributed by atoms with E-state index >= 15 is 0 Å². The average Bonchev–Trinajstić information content (AvgIpc) is 3.05. The molecule has 4 nitrogen and oxygen atoms in total. The summed E-state index contributed by atoms with van der Waals surface area (Å²) in [5.41, 5.74) is 12.6. The number of fused-ring (bicyclic) bond motifs is 2. The van der Waals surface area contributed by atoms with Gasteiger partial charge in [0.25, 0.3) is 0 Å². The third-order valence-electron chi connectivity index (χ3n) is 4.22. The van der Waals surface area contributed by atoms with Crippen LogP contribution in [0.25, 0.3) is 16.7 Å². The molecule has 108 valence electrons. The third-order valence-corrected chi connectivity index (χ3v) is 5.07. The van der Waals surface area contributed by atoms with E-state index in [0.29, 0.717) is 5.02 Å². The first-order valence-corrected chi connectivity index (χ1v) is 8.15. The van der Waals surface area contributed by atoms with Crippen LogP contribution in [0.1, 0.15) is 35.8 Å². The summed E-state index contributed by atoms with van der Waals surface area (Å²) in [6, 6.07) is 6.13. The number of nitrogens with zero attached hydrogens (tertiary/aromatic N) is 3. The van der Waals surface area contributed by atoms with Crippen LogP contribution in [0.15, 0.2) is 18.2 Å². The first kappa shape index (κ1) is 13.2. The largest absolute Gasteiger partial charge is 0.324 e. The molecule has 0 saturated heterocycles. The van der Waals surface area contributed by atoms with Crippen molar-refractivity contribution in [2.24, 2.45) is 5.73 Å². The highest BCUT2D eigenvalue weighted by atomic mass is 35.5. The number of rotatable bonds is 1. The average molecular weight is 319 g/mol. The summed E-state index contributed by atoms with van der Waals surface area (Å²) in [6.45, 7) is 2.10. The number of hydrogen-bond donors (Lipinski definition) is 1. The van der Waals surface area contributed by atoms with Gasteiger partial charge < -0.3 is 10.3 Å². The van der Waals surface area contributed by atoms with Gasteiger partial charge in [-0.1, -0.05) is 11.6 Å². The van der Waals surface area contributed by atoms with Crippen LogP contribution in [0, 0.1) is 6.92 Å². The van der Waals surface area contributed by atoms with E-state index in [1.807, 2.05) is 12.1 Å². The second kappa shape index (κ2) is 4.80. The smallest absolute Gasteiger partial charge is 0.130 e. The lowest BCUT2D eigenvalue weighted by molar-refractivity contribution is 0.560. The van der Waals surface area contributed by atoms with E-state index in [-0.39, 0.29) is 6.04 Å². The Morgan fingerprint density at radius 3 is 3.10 bits per heavy atom. The van der Waals surface area contributed by atoms with Crippen LogP contribution in [0.4, 0.5) is 0 Å². The van der Waals surface area contributed by atoms with Gasteiger partial charge in [0, 0.05) is 17.4 Å². The van der Waals surface area contributed by atoms with E-state index in [1.54, 1.807) is 0 Å². The summed E-state index contributed by atoms with van der Waals surface area (Å²) >= 11 is 7.71. The highest BCUT2D eigenvalue weighted by Crippen LogP contribution is 2.37. The fourth-order valence-corrected chi connectivity index (χ4v) is 4.05. The maximum Gasteiger partial charge on any atom is 0.130 e. The van der Waals surface area contributed by atoms with Crippen molar-refractivity contribution in [1.29, 1.82) is 0 Å². The van der Waals surface area contributed by atoms with Crippen LogP contribution < -0.4 is 5.73 Å². The van der Waals surface area contributed by atoms with E-state index in [4.69, 9.17) is 17.3 Å². The van der Waals surface area contributed by atoms with E-state index in [0.717, 1.165) is 41.7 Å². The lowest BCUT2D eigenvalue weighted by Crippen LogP contribution is -2.18. The Kier molecular flexibility index (Phi) is 3.03. The molecular formula is C15H15ClN4S. The Labute approximate surface area is 131 Å². The molecule has 0 radical (unpaired) electrons. The topological polar surface area (TPSA) is 56.7 Å². The standard InChI is InChI=1S/C15H15ClN4S/c1-8-7-9-11(17)3-2-4-13(9)20(8)15-10(16)5-6-12-14(15)19-21-18-12/h5-7,11H,2-4,17H2,1H3. The van der Waals surface area contributed by atoms with Gasteiger partial charge in [-0.05, 0) is 49.9 Å². The Morgan fingerprint density at radius 2 is 2.24 bits per heavy atom. The highest BCUT2D eigenvalue weighted by molar-refractivity contribution is 7.00. The van der Waals surface area contributed by atoms with Crippen molar-refractivity contribution in [3.8, 4) is 5.69 Å². The van der Waals surface area contributed by atoms with Crippen molar-refractivity contribution >= 4 is 34.4 Å². The van der Waals surface area contributed by atoms with Crippen molar-refractivity contribution < 1.29 is 0 Å². The Bertz CT molecular complexity index is 836. The molecule has 1 aliphatic rings. The van der Waals surface area contributed by atoms with Crippen molar-refractivity contribution in [1.82, 2.24) is 13.3 Å². The normalized spacial score (nSPS) is 18.1. The Hall–Kier alpha value is -1.43. The van der Waals surface area contributed by atoms with Gasteiger partial charge in [-0.25, -0.2) is 0 Å². The lowest BCUT2D eigenvalue weighted by atomic mass is 9.93. The number of aromatic nitrogens is 3. The molecule has 21 heavy (non-hydrogen) atoms. The Balaban J connectivity index is 2.06. The predicted octanol–water partition coefficient (Wildman–Crippen LogP) is 3.78. The minimum Gasteiger partial charge on any atom is -0.324 e. The number of benzene rings is 1. The molecule has 2 aromatic heterocycles. The van der Waals surface area contributed by atoms with E-state index in [9.17, 15) is 0 Å². The molecule has 2 heterocycles. The second-order valence-corrected chi connectivity index (χ2v) is 6.49. The number of halogens is 1. The summed E-state index contributed by atoms with van der Waals surface area (Å²) < 4.78 is 11.0. The maximum absolute atomic E-state index is 6.49. The van der Waals surface area contributed by atoms with Gasteiger partial charge in [0.05, 0.1) is 22.4 Å². The van der Waals surface area contributed by atoms with Gasteiger partial charge in [0.2, 0.25) is 0 Å². The van der Waals surface area contributed by atoms with E-state index in [1.165, 1.54) is 23.0 Å². The zero-order valence-corrected chi connectivity index (χ0v) is 13.2. The third kappa shape index (κ3) is 1.92. The van der Waals surface area contributed by atoms with Crippen molar-refractivity contribution in [3.63, 3.8) is 0 Å². The molecule has 0 spiro atoms. The Morgan fingerprint density at radius 1 is 1.38 bits per heavy atom. The quantitative estimate of drug-likeness (QED) is 0.743. The molecule has 0 saturated carbocycles. The van der Waals surface area contributed by atoms with Crippen LogP contribution in [0.5, 0.6) is 0 Å². The van der Waals surface area contributed by atoms with Crippen LogP contribution in [0.2, 0.25) is 5.02 Å². The first-order chi connectivity index (χ1) is 10.2. The van der Waals surface area contributed by atoms with E-state index in [2.05, 4.69) is 26.3 Å². The molecule has 6 heteroatoms.